The van der Waals surface area contributed by atoms with Crippen molar-refractivity contribution in [1.82, 2.24) is 4.90 Å². The quantitative estimate of drug-likeness (QED) is 0.847. The number of benzene rings is 1. The maximum Gasteiger partial charge on any atom is 0.231 e. The number of methoxy groups -OCH3 is 2. The number of hydrogen-bond donors (Lipinski definition) is 1. The molecule has 4 rings (SSSR count). The van der Waals surface area contributed by atoms with E-state index in [1.165, 1.54) is 0 Å². The zero-order valence-electron chi connectivity index (χ0n) is 14.2. The molecule has 1 fully saturated rings. The first-order valence-electron chi connectivity index (χ1n) is 8.18. The predicted octanol–water partition coefficient (Wildman–Crippen LogP) is 1.52. The summed E-state index contributed by atoms with van der Waals surface area (Å²) >= 11 is 0. The van der Waals surface area contributed by atoms with E-state index in [1.54, 1.807) is 20.3 Å². The highest BCUT2D eigenvalue weighted by molar-refractivity contribution is 5.56. The molecule has 6 nitrogen and oxygen atoms in total. The van der Waals surface area contributed by atoms with E-state index < -0.39 is 5.60 Å². The summed E-state index contributed by atoms with van der Waals surface area (Å²) in [4.78, 5) is 2.19. The van der Waals surface area contributed by atoms with Crippen LogP contribution in [-0.4, -0.2) is 56.8 Å². The Labute approximate surface area is 141 Å². The first kappa shape index (κ1) is 15.7. The van der Waals surface area contributed by atoms with Gasteiger partial charge in [-0.25, -0.2) is 0 Å². The number of likely N-dealkylation sites (tertiary alicyclic amines) is 1. The number of nitrogens with zero attached hydrogens (tertiary/aromatic N) is 1. The summed E-state index contributed by atoms with van der Waals surface area (Å²) in [5.74, 6) is 1.86. The molecule has 2 bridgehead atoms. The number of hydrogen-bond acceptors (Lipinski definition) is 6. The molecule has 6 heteroatoms. The molecule has 1 aromatic rings. The van der Waals surface area contributed by atoms with Gasteiger partial charge in [0, 0.05) is 37.2 Å². The molecule has 1 saturated heterocycles. The Morgan fingerprint density at radius 2 is 2.08 bits per heavy atom. The van der Waals surface area contributed by atoms with E-state index in [1.807, 2.05) is 19.2 Å². The van der Waals surface area contributed by atoms with Crippen LogP contribution in [0, 0.1) is 5.92 Å². The minimum Gasteiger partial charge on any atom is -0.492 e. The number of aliphatic hydroxyl groups is 1. The number of fused-ring (bicyclic) bond motifs is 3. The Hall–Kier alpha value is -1.76. The van der Waals surface area contributed by atoms with Crippen LogP contribution in [0.25, 0.3) is 0 Å². The standard InChI is InChI=1S/C18H23NO5/c1-19-9-18(20,13-5-4-11(21-2)7-15(13)19)14-6-12-8-16(17(14)22-3)24-10-23-12/h4-6,8,11,13,15,20H,7,9-10H2,1-3H3. The molecule has 2 heterocycles. The zero-order valence-corrected chi connectivity index (χ0v) is 14.2. The van der Waals surface area contributed by atoms with Crippen LogP contribution in [0.5, 0.6) is 17.2 Å². The Morgan fingerprint density at radius 3 is 2.83 bits per heavy atom. The van der Waals surface area contributed by atoms with E-state index in [0.29, 0.717) is 23.8 Å². The molecule has 2 aliphatic heterocycles. The first-order valence-corrected chi connectivity index (χ1v) is 8.18. The van der Waals surface area contributed by atoms with Crippen LogP contribution in [0.4, 0.5) is 0 Å². The molecular formula is C18H23NO5. The summed E-state index contributed by atoms with van der Waals surface area (Å²) in [6, 6.07) is 3.88. The van der Waals surface area contributed by atoms with E-state index >= 15 is 0 Å². The van der Waals surface area contributed by atoms with Gasteiger partial charge in [0.25, 0.3) is 0 Å². The average Bonchev–Trinajstić information content (AvgIpc) is 2.86. The van der Waals surface area contributed by atoms with Gasteiger partial charge in [-0.1, -0.05) is 12.2 Å². The Morgan fingerprint density at radius 1 is 1.25 bits per heavy atom. The van der Waals surface area contributed by atoms with E-state index in [2.05, 4.69) is 11.0 Å². The molecule has 1 aliphatic carbocycles. The average molecular weight is 333 g/mol. The SMILES string of the molecule is COc1c2cc(cc1C1(O)CN(C)C3CC(OC)C=CC31)OCO2. The zero-order chi connectivity index (χ0) is 16.9. The fourth-order valence-corrected chi connectivity index (χ4v) is 4.27. The second kappa shape index (κ2) is 5.65. The summed E-state index contributed by atoms with van der Waals surface area (Å²) in [6.45, 7) is 0.681. The van der Waals surface area contributed by atoms with Gasteiger partial charge >= 0.3 is 0 Å². The van der Waals surface area contributed by atoms with Crippen LogP contribution in [0.2, 0.25) is 0 Å². The number of ether oxygens (including phenoxy) is 4. The van der Waals surface area contributed by atoms with Crippen LogP contribution >= 0.6 is 0 Å². The lowest BCUT2D eigenvalue weighted by molar-refractivity contribution is 0.0111. The molecular weight excluding hydrogens is 310 g/mol. The largest absolute Gasteiger partial charge is 0.492 e. The maximum atomic E-state index is 11.6. The molecule has 130 valence electrons. The summed E-state index contributed by atoms with van der Waals surface area (Å²) in [5.41, 5.74) is -0.341. The second-order valence-electron chi connectivity index (χ2n) is 6.74. The minimum absolute atomic E-state index is 0.0367. The van der Waals surface area contributed by atoms with Crippen LogP contribution in [0.1, 0.15) is 12.0 Å². The first-order chi connectivity index (χ1) is 11.6. The molecule has 3 aliphatic rings. The summed E-state index contributed by atoms with van der Waals surface area (Å²) in [7, 11) is 5.36. The number of rotatable bonds is 3. The van der Waals surface area contributed by atoms with Crippen LogP contribution < -0.4 is 14.2 Å². The van der Waals surface area contributed by atoms with Gasteiger partial charge in [-0.05, 0) is 19.5 Å². The lowest BCUT2D eigenvalue weighted by atomic mass is 9.76. The van der Waals surface area contributed by atoms with Crippen molar-refractivity contribution in [2.24, 2.45) is 5.92 Å². The highest BCUT2D eigenvalue weighted by Crippen LogP contribution is 2.51. The van der Waals surface area contributed by atoms with Crippen molar-refractivity contribution in [3.63, 3.8) is 0 Å². The number of likely N-dealkylation sites (N-methyl/N-ethyl adjacent to an activating group) is 1. The second-order valence-corrected chi connectivity index (χ2v) is 6.74. The van der Waals surface area contributed by atoms with Crippen molar-refractivity contribution >= 4 is 0 Å². The molecule has 0 amide bonds. The fourth-order valence-electron chi connectivity index (χ4n) is 4.27. The van der Waals surface area contributed by atoms with Crippen molar-refractivity contribution in [1.29, 1.82) is 0 Å². The monoisotopic (exact) mass is 333 g/mol. The van der Waals surface area contributed by atoms with Crippen LogP contribution in [0.15, 0.2) is 24.3 Å². The highest BCUT2D eigenvalue weighted by Gasteiger charge is 2.53. The maximum absolute atomic E-state index is 11.6. The van der Waals surface area contributed by atoms with Crippen molar-refractivity contribution < 1.29 is 24.1 Å². The van der Waals surface area contributed by atoms with Gasteiger partial charge in [0.2, 0.25) is 6.79 Å². The Bertz CT molecular complexity index is 676. The van der Waals surface area contributed by atoms with E-state index in [9.17, 15) is 5.11 Å². The highest BCUT2D eigenvalue weighted by atomic mass is 16.7. The van der Waals surface area contributed by atoms with Gasteiger partial charge < -0.3 is 24.1 Å². The van der Waals surface area contributed by atoms with Crippen molar-refractivity contribution in [3.8, 4) is 17.2 Å². The number of β-amino-alcohol motifs (C(OH)–C–C–N with tert-alkyl or cyclic N) is 1. The van der Waals surface area contributed by atoms with Gasteiger partial charge in [0.1, 0.15) is 11.4 Å². The molecule has 0 spiro atoms. The molecule has 4 unspecified atom stereocenters. The van der Waals surface area contributed by atoms with Gasteiger partial charge in [-0.2, -0.15) is 0 Å². The third-order valence-electron chi connectivity index (χ3n) is 5.47. The third kappa shape index (κ3) is 2.21. The lowest BCUT2D eigenvalue weighted by Crippen LogP contribution is -2.39. The summed E-state index contributed by atoms with van der Waals surface area (Å²) < 4.78 is 22.1. The van der Waals surface area contributed by atoms with E-state index in [4.69, 9.17) is 18.9 Å². The van der Waals surface area contributed by atoms with Gasteiger partial charge in [-0.15, -0.1) is 0 Å². The molecule has 0 radical (unpaired) electrons. The molecule has 24 heavy (non-hydrogen) atoms. The van der Waals surface area contributed by atoms with Crippen LogP contribution in [-0.2, 0) is 10.3 Å². The van der Waals surface area contributed by atoms with Gasteiger partial charge in [0.15, 0.2) is 11.5 Å². The predicted molar refractivity (Wildman–Crippen MR) is 87.5 cm³/mol. The fraction of sp³-hybridized carbons (Fsp3) is 0.556. The third-order valence-corrected chi connectivity index (χ3v) is 5.47. The van der Waals surface area contributed by atoms with Gasteiger partial charge in [0.05, 0.1) is 13.2 Å². The van der Waals surface area contributed by atoms with E-state index in [-0.39, 0.29) is 24.9 Å². The van der Waals surface area contributed by atoms with Crippen molar-refractivity contribution in [2.75, 3.05) is 34.6 Å². The molecule has 1 aromatic carbocycles. The van der Waals surface area contributed by atoms with E-state index in [0.717, 1.165) is 12.0 Å². The smallest absolute Gasteiger partial charge is 0.231 e. The van der Waals surface area contributed by atoms with Crippen LogP contribution in [0.3, 0.4) is 0 Å². The summed E-state index contributed by atoms with van der Waals surface area (Å²) in [6.07, 6.45) is 5.07. The molecule has 1 N–H and O–H groups in total. The van der Waals surface area contributed by atoms with Gasteiger partial charge in [-0.3, -0.25) is 4.90 Å². The Kier molecular flexibility index (Phi) is 3.71. The van der Waals surface area contributed by atoms with Crippen molar-refractivity contribution in [2.45, 2.75) is 24.2 Å². The van der Waals surface area contributed by atoms with Crippen molar-refractivity contribution in [3.05, 3.63) is 29.8 Å². The summed E-state index contributed by atoms with van der Waals surface area (Å²) in [5, 5.41) is 11.6. The topological polar surface area (TPSA) is 60.4 Å². The lowest BCUT2D eigenvalue weighted by Gasteiger charge is -2.35. The normalized spacial score (nSPS) is 34.4. The molecule has 4 atom stereocenters. The molecule has 0 saturated carbocycles. The Balaban J connectivity index is 1.80. The molecule has 0 aromatic heterocycles. The minimum atomic E-state index is -1.06.